The van der Waals surface area contributed by atoms with Gasteiger partial charge in [-0.2, -0.15) is 5.26 Å². The summed E-state index contributed by atoms with van der Waals surface area (Å²) in [5.74, 6) is 0.662. The third-order valence-corrected chi connectivity index (χ3v) is 3.54. The molecule has 1 aromatic carbocycles. The molecule has 22 heavy (non-hydrogen) atoms. The lowest BCUT2D eigenvalue weighted by atomic mass is 10.1. The zero-order valence-corrected chi connectivity index (χ0v) is 12.8. The Labute approximate surface area is 127 Å². The van der Waals surface area contributed by atoms with Crippen LogP contribution < -0.4 is 16.0 Å². The fraction of sp³-hybridized carbons (Fsp3) is 0.312. The molecule has 0 N–H and O–H groups in total. The second-order valence-electron chi connectivity index (χ2n) is 4.64. The minimum atomic E-state index is -0.550. The van der Waals surface area contributed by atoms with E-state index in [0.717, 1.165) is 4.57 Å². The molecule has 0 radical (unpaired) electrons. The quantitative estimate of drug-likeness (QED) is 0.859. The van der Waals surface area contributed by atoms with Crippen molar-refractivity contribution in [2.45, 2.75) is 26.9 Å². The molecule has 0 saturated carbocycles. The number of hydrogen-bond donors (Lipinski definition) is 0. The van der Waals surface area contributed by atoms with Crippen LogP contribution in [-0.4, -0.2) is 16.2 Å². The lowest BCUT2D eigenvalue weighted by molar-refractivity contribution is 0.415. The molecule has 0 amide bonds. The van der Waals surface area contributed by atoms with Gasteiger partial charge in [0.1, 0.15) is 17.4 Å². The van der Waals surface area contributed by atoms with Crippen molar-refractivity contribution in [2.24, 2.45) is 0 Å². The van der Waals surface area contributed by atoms with Gasteiger partial charge in [0.15, 0.2) is 0 Å². The molecule has 0 fully saturated rings. The van der Waals surface area contributed by atoms with Gasteiger partial charge in [-0.25, -0.2) is 4.79 Å². The molecule has 0 atom stereocenters. The molecule has 6 heteroatoms. The van der Waals surface area contributed by atoms with E-state index in [0.29, 0.717) is 23.6 Å². The smallest absolute Gasteiger partial charge is 0.331 e. The van der Waals surface area contributed by atoms with E-state index in [1.54, 1.807) is 45.2 Å². The summed E-state index contributed by atoms with van der Waals surface area (Å²) in [6, 6.07) is 8.87. The van der Waals surface area contributed by atoms with E-state index < -0.39 is 11.2 Å². The highest BCUT2D eigenvalue weighted by Crippen LogP contribution is 2.23. The number of benzene rings is 1. The number of rotatable bonds is 4. The highest BCUT2D eigenvalue weighted by molar-refractivity contribution is 5.67. The summed E-state index contributed by atoms with van der Waals surface area (Å²) in [5, 5.41) is 9.39. The Bertz CT molecular complexity index is 839. The lowest BCUT2D eigenvalue weighted by Crippen LogP contribution is -2.41. The van der Waals surface area contributed by atoms with Gasteiger partial charge in [-0.1, -0.05) is 0 Å². The SMILES string of the molecule is CCn1c(-c2ccc(OC)cc2)c(C#N)c(=O)n(CC)c1=O. The highest BCUT2D eigenvalue weighted by atomic mass is 16.5. The second-order valence-corrected chi connectivity index (χ2v) is 4.64. The molecule has 0 unspecified atom stereocenters. The van der Waals surface area contributed by atoms with Crippen LogP contribution >= 0.6 is 0 Å². The van der Waals surface area contributed by atoms with E-state index in [-0.39, 0.29) is 12.1 Å². The van der Waals surface area contributed by atoms with Crippen LogP contribution in [-0.2, 0) is 13.1 Å². The molecule has 0 bridgehead atoms. The van der Waals surface area contributed by atoms with Crippen molar-refractivity contribution in [3.63, 3.8) is 0 Å². The van der Waals surface area contributed by atoms with Crippen LogP contribution in [0.25, 0.3) is 11.3 Å². The number of nitriles is 1. The minimum Gasteiger partial charge on any atom is -0.497 e. The van der Waals surface area contributed by atoms with Crippen molar-refractivity contribution in [3.05, 3.63) is 50.7 Å². The first kappa shape index (κ1) is 15.6. The molecule has 114 valence electrons. The Kier molecular flexibility index (Phi) is 4.47. The number of nitrogens with zero attached hydrogens (tertiary/aromatic N) is 3. The van der Waals surface area contributed by atoms with Crippen molar-refractivity contribution < 1.29 is 4.74 Å². The Morgan fingerprint density at radius 3 is 2.14 bits per heavy atom. The first-order chi connectivity index (χ1) is 10.6. The van der Waals surface area contributed by atoms with Gasteiger partial charge in [0, 0.05) is 18.7 Å². The minimum absolute atomic E-state index is 0.0199. The molecule has 6 nitrogen and oxygen atoms in total. The molecule has 0 aliphatic heterocycles. The number of ether oxygens (including phenoxy) is 1. The molecule has 2 aromatic rings. The largest absolute Gasteiger partial charge is 0.497 e. The maximum Gasteiger partial charge on any atom is 0.331 e. The molecular formula is C16H17N3O3. The molecular weight excluding hydrogens is 282 g/mol. The zero-order valence-electron chi connectivity index (χ0n) is 12.8. The average Bonchev–Trinajstić information content (AvgIpc) is 2.55. The average molecular weight is 299 g/mol. The predicted octanol–water partition coefficient (Wildman–Crippen LogP) is 1.60. The number of methoxy groups -OCH3 is 1. The monoisotopic (exact) mass is 299 g/mol. The van der Waals surface area contributed by atoms with Crippen LogP contribution in [0, 0.1) is 11.3 Å². The van der Waals surface area contributed by atoms with Crippen molar-refractivity contribution >= 4 is 0 Å². The molecule has 1 aromatic heterocycles. The van der Waals surface area contributed by atoms with Crippen LogP contribution in [0.4, 0.5) is 0 Å². The fourth-order valence-electron chi connectivity index (χ4n) is 2.42. The summed E-state index contributed by atoms with van der Waals surface area (Å²) in [6.45, 7) is 4.11. The van der Waals surface area contributed by atoms with Crippen molar-refractivity contribution in [2.75, 3.05) is 7.11 Å². The van der Waals surface area contributed by atoms with Crippen LogP contribution in [0.15, 0.2) is 33.9 Å². The summed E-state index contributed by atoms with van der Waals surface area (Å²) in [4.78, 5) is 24.8. The molecule has 1 heterocycles. The zero-order chi connectivity index (χ0) is 16.3. The molecule has 2 rings (SSSR count). The topological polar surface area (TPSA) is 77.0 Å². The molecule has 0 aliphatic rings. The van der Waals surface area contributed by atoms with Gasteiger partial charge in [-0.05, 0) is 38.1 Å². The first-order valence-corrected chi connectivity index (χ1v) is 7.01. The summed E-state index contributed by atoms with van der Waals surface area (Å²) in [6.07, 6.45) is 0. The second kappa shape index (κ2) is 6.31. The molecule has 0 spiro atoms. The van der Waals surface area contributed by atoms with Crippen LogP contribution in [0.2, 0.25) is 0 Å². The fourth-order valence-corrected chi connectivity index (χ4v) is 2.42. The molecule has 0 saturated heterocycles. The van der Waals surface area contributed by atoms with Crippen LogP contribution in [0.1, 0.15) is 19.4 Å². The van der Waals surface area contributed by atoms with Gasteiger partial charge in [0.05, 0.1) is 12.8 Å². The maximum atomic E-state index is 12.4. The van der Waals surface area contributed by atoms with Gasteiger partial charge < -0.3 is 4.74 Å². The normalized spacial score (nSPS) is 10.3. The maximum absolute atomic E-state index is 12.4. The predicted molar refractivity (Wildman–Crippen MR) is 83.0 cm³/mol. The summed E-state index contributed by atoms with van der Waals surface area (Å²) in [5.41, 5.74) is 0.0165. The Morgan fingerprint density at radius 1 is 1.09 bits per heavy atom. The third-order valence-electron chi connectivity index (χ3n) is 3.54. The van der Waals surface area contributed by atoms with Crippen molar-refractivity contribution in [3.8, 4) is 23.1 Å². The van der Waals surface area contributed by atoms with Crippen LogP contribution in [0.3, 0.4) is 0 Å². The van der Waals surface area contributed by atoms with Crippen molar-refractivity contribution in [1.82, 2.24) is 9.13 Å². The van der Waals surface area contributed by atoms with E-state index in [2.05, 4.69) is 0 Å². The highest BCUT2D eigenvalue weighted by Gasteiger charge is 2.18. The Hall–Kier alpha value is -2.81. The van der Waals surface area contributed by atoms with E-state index in [1.807, 2.05) is 6.07 Å². The van der Waals surface area contributed by atoms with E-state index in [4.69, 9.17) is 4.74 Å². The first-order valence-electron chi connectivity index (χ1n) is 7.01. The van der Waals surface area contributed by atoms with Gasteiger partial charge in [-0.15, -0.1) is 0 Å². The van der Waals surface area contributed by atoms with Gasteiger partial charge in [-0.3, -0.25) is 13.9 Å². The van der Waals surface area contributed by atoms with Gasteiger partial charge in [0.2, 0.25) is 0 Å². The number of aromatic nitrogens is 2. The standard InChI is InChI=1S/C16H17N3O3/c1-4-18-14(11-6-8-12(22-3)9-7-11)13(10-17)15(20)19(5-2)16(18)21/h6-9H,4-5H2,1-3H3. The Balaban J connectivity index is 2.87. The summed E-state index contributed by atoms with van der Waals surface area (Å²) >= 11 is 0. The van der Waals surface area contributed by atoms with Gasteiger partial charge in [0.25, 0.3) is 5.56 Å². The van der Waals surface area contributed by atoms with E-state index in [9.17, 15) is 14.9 Å². The lowest BCUT2D eigenvalue weighted by Gasteiger charge is -2.15. The Morgan fingerprint density at radius 2 is 1.68 bits per heavy atom. The van der Waals surface area contributed by atoms with Crippen molar-refractivity contribution in [1.29, 1.82) is 5.26 Å². The molecule has 0 aliphatic carbocycles. The third kappa shape index (κ3) is 2.42. The van der Waals surface area contributed by atoms with Gasteiger partial charge >= 0.3 is 5.69 Å². The van der Waals surface area contributed by atoms with E-state index in [1.165, 1.54) is 4.57 Å². The number of hydrogen-bond acceptors (Lipinski definition) is 4. The van der Waals surface area contributed by atoms with E-state index >= 15 is 0 Å². The van der Waals surface area contributed by atoms with Crippen LogP contribution in [0.5, 0.6) is 5.75 Å². The summed E-state index contributed by atoms with van der Waals surface area (Å²) < 4.78 is 7.63. The summed E-state index contributed by atoms with van der Waals surface area (Å²) in [7, 11) is 1.56.